The van der Waals surface area contributed by atoms with Crippen LogP contribution in [0.1, 0.15) is 19.3 Å². The van der Waals surface area contributed by atoms with Gasteiger partial charge in [0.25, 0.3) is 5.69 Å². The van der Waals surface area contributed by atoms with Gasteiger partial charge in [0.2, 0.25) is 0 Å². The van der Waals surface area contributed by atoms with E-state index in [1.54, 1.807) is 12.1 Å². The van der Waals surface area contributed by atoms with Crippen molar-refractivity contribution in [1.82, 2.24) is 9.80 Å². The summed E-state index contributed by atoms with van der Waals surface area (Å²) in [5.41, 5.74) is 0.0521. The Morgan fingerprint density at radius 3 is 2.71 bits per heavy atom. The largest absolute Gasteiger partial charge is 0.492 e. The number of ether oxygens (including phenoxy) is 1. The van der Waals surface area contributed by atoms with Gasteiger partial charge in [-0.25, -0.2) is 0 Å². The number of aliphatic hydroxyl groups excluding tert-OH is 1. The molecule has 2 atom stereocenters. The van der Waals surface area contributed by atoms with E-state index in [2.05, 4.69) is 9.80 Å². The van der Waals surface area contributed by atoms with Crippen LogP contribution in [0, 0.1) is 10.1 Å². The molecule has 0 radical (unpaired) electrons. The molecule has 1 aliphatic carbocycles. The fraction of sp³-hybridized carbons (Fsp3) is 0.647. The Bertz CT molecular complexity index is 561. The zero-order valence-corrected chi connectivity index (χ0v) is 13.8. The van der Waals surface area contributed by atoms with Gasteiger partial charge in [0, 0.05) is 44.8 Å². The van der Waals surface area contributed by atoms with Gasteiger partial charge in [0.1, 0.15) is 12.4 Å². The van der Waals surface area contributed by atoms with Crippen molar-refractivity contribution >= 4 is 5.69 Å². The van der Waals surface area contributed by atoms with Crippen LogP contribution >= 0.6 is 0 Å². The number of non-ortho nitro benzene ring substituents is 1. The molecule has 1 saturated heterocycles. The van der Waals surface area contributed by atoms with Crippen molar-refractivity contribution < 1.29 is 14.8 Å². The van der Waals surface area contributed by atoms with Crippen molar-refractivity contribution in [1.29, 1.82) is 0 Å². The lowest BCUT2D eigenvalue weighted by Gasteiger charge is -2.39. The molecule has 1 saturated carbocycles. The average Bonchev–Trinajstić information content (AvgIpc) is 3.02. The monoisotopic (exact) mass is 335 g/mol. The summed E-state index contributed by atoms with van der Waals surface area (Å²) in [5.74, 6) is 0.539. The summed E-state index contributed by atoms with van der Waals surface area (Å²) in [6.07, 6.45) is 3.01. The molecule has 7 nitrogen and oxygen atoms in total. The zero-order chi connectivity index (χ0) is 16.9. The highest BCUT2D eigenvalue weighted by Crippen LogP contribution is 2.25. The molecular formula is C17H25N3O4. The summed E-state index contributed by atoms with van der Waals surface area (Å²) in [5, 5.41) is 20.8. The van der Waals surface area contributed by atoms with Crippen molar-refractivity contribution in [3.63, 3.8) is 0 Å². The maximum Gasteiger partial charge on any atom is 0.273 e. The van der Waals surface area contributed by atoms with Crippen LogP contribution in [0.2, 0.25) is 0 Å². The lowest BCUT2D eigenvalue weighted by atomic mass is 10.1. The van der Waals surface area contributed by atoms with Gasteiger partial charge >= 0.3 is 0 Å². The van der Waals surface area contributed by atoms with E-state index < -0.39 is 4.92 Å². The standard InChI is InChI=1S/C17H25N3O4/c21-17-6-2-5-16(17)19-9-7-18(8-10-19)11-12-24-15-4-1-3-14(13-15)20(22)23/h1,3-4,13,16-17,21H,2,5-12H2. The van der Waals surface area contributed by atoms with Gasteiger partial charge in [-0.15, -0.1) is 0 Å². The molecule has 3 rings (SSSR count). The number of benzene rings is 1. The quantitative estimate of drug-likeness (QED) is 0.627. The third-order valence-electron chi connectivity index (χ3n) is 5.02. The van der Waals surface area contributed by atoms with E-state index in [-0.39, 0.29) is 11.8 Å². The molecule has 1 N–H and O–H groups in total. The summed E-state index contributed by atoms with van der Waals surface area (Å²) >= 11 is 0. The topological polar surface area (TPSA) is 79.1 Å². The smallest absolute Gasteiger partial charge is 0.273 e. The maximum absolute atomic E-state index is 10.8. The van der Waals surface area contributed by atoms with Gasteiger partial charge in [0.05, 0.1) is 17.1 Å². The predicted octanol–water partition coefficient (Wildman–Crippen LogP) is 1.50. The number of rotatable bonds is 6. The molecule has 132 valence electrons. The first kappa shape index (κ1) is 17.1. The molecule has 2 fully saturated rings. The zero-order valence-electron chi connectivity index (χ0n) is 13.8. The first-order valence-electron chi connectivity index (χ1n) is 8.65. The van der Waals surface area contributed by atoms with E-state index in [1.165, 1.54) is 12.1 Å². The van der Waals surface area contributed by atoms with Crippen molar-refractivity contribution in [2.75, 3.05) is 39.3 Å². The van der Waals surface area contributed by atoms with E-state index in [1.807, 2.05) is 0 Å². The third-order valence-corrected chi connectivity index (χ3v) is 5.02. The minimum Gasteiger partial charge on any atom is -0.492 e. The maximum atomic E-state index is 10.8. The average molecular weight is 335 g/mol. The first-order chi connectivity index (χ1) is 11.6. The number of hydrogen-bond acceptors (Lipinski definition) is 6. The molecule has 1 aliphatic heterocycles. The first-order valence-corrected chi connectivity index (χ1v) is 8.65. The molecule has 1 aromatic carbocycles. The Labute approximate surface area is 142 Å². The predicted molar refractivity (Wildman–Crippen MR) is 90.3 cm³/mol. The number of nitro groups is 1. The molecule has 7 heteroatoms. The van der Waals surface area contributed by atoms with E-state index in [0.717, 1.165) is 52.0 Å². The van der Waals surface area contributed by atoms with Crippen LogP contribution in [0.25, 0.3) is 0 Å². The van der Waals surface area contributed by atoms with Crippen LogP contribution in [0.5, 0.6) is 5.75 Å². The van der Waals surface area contributed by atoms with E-state index in [9.17, 15) is 15.2 Å². The van der Waals surface area contributed by atoms with Crippen molar-refractivity contribution in [2.45, 2.75) is 31.4 Å². The van der Waals surface area contributed by atoms with Crippen LogP contribution in [0.4, 0.5) is 5.69 Å². The van der Waals surface area contributed by atoms with E-state index >= 15 is 0 Å². The summed E-state index contributed by atoms with van der Waals surface area (Å²) in [6, 6.07) is 6.64. The van der Waals surface area contributed by atoms with Gasteiger partial charge in [-0.3, -0.25) is 19.9 Å². The third kappa shape index (κ3) is 4.23. The minimum absolute atomic E-state index is 0.0521. The molecule has 0 bridgehead atoms. The SMILES string of the molecule is O=[N+]([O-])c1cccc(OCCN2CCN(C3CCCC3O)CC2)c1. The highest BCUT2D eigenvalue weighted by atomic mass is 16.6. The Balaban J connectivity index is 1.39. The van der Waals surface area contributed by atoms with E-state index in [0.29, 0.717) is 18.4 Å². The minimum atomic E-state index is -0.413. The van der Waals surface area contributed by atoms with Crippen molar-refractivity contribution in [2.24, 2.45) is 0 Å². The Hall–Kier alpha value is -1.70. The number of nitro benzene ring substituents is 1. The van der Waals surface area contributed by atoms with Gasteiger partial charge in [-0.1, -0.05) is 6.07 Å². The second-order valence-corrected chi connectivity index (χ2v) is 6.55. The number of hydrogen-bond donors (Lipinski definition) is 1. The molecule has 0 aromatic heterocycles. The lowest BCUT2D eigenvalue weighted by molar-refractivity contribution is -0.384. The van der Waals surface area contributed by atoms with Crippen LogP contribution in [-0.4, -0.2) is 71.3 Å². The Kier molecular flexibility index (Phi) is 5.65. The fourth-order valence-corrected chi connectivity index (χ4v) is 3.64. The molecule has 2 aliphatic rings. The van der Waals surface area contributed by atoms with Crippen molar-refractivity contribution in [3.8, 4) is 5.75 Å². The molecule has 0 spiro atoms. The van der Waals surface area contributed by atoms with Gasteiger partial charge in [0.15, 0.2) is 0 Å². The Morgan fingerprint density at radius 2 is 2.04 bits per heavy atom. The molecule has 0 amide bonds. The van der Waals surface area contributed by atoms with Crippen LogP contribution in [0.15, 0.2) is 24.3 Å². The lowest BCUT2D eigenvalue weighted by Crippen LogP contribution is -2.52. The van der Waals surface area contributed by atoms with Gasteiger partial charge in [-0.05, 0) is 25.3 Å². The number of nitrogens with zero attached hydrogens (tertiary/aromatic N) is 3. The molecular weight excluding hydrogens is 310 g/mol. The van der Waals surface area contributed by atoms with Crippen LogP contribution < -0.4 is 4.74 Å². The second-order valence-electron chi connectivity index (χ2n) is 6.55. The Morgan fingerprint density at radius 1 is 1.25 bits per heavy atom. The summed E-state index contributed by atoms with van der Waals surface area (Å²) in [4.78, 5) is 15.1. The molecule has 2 unspecified atom stereocenters. The van der Waals surface area contributed by atoms with Gasteiger partial charge in [-0.2, -0.15) is 0 Å². The molecule has 1 heterocycles. The number of piperazine rings is 1. The summed E-state index contributed by atoms with van der Waals surface area (Å²) in [6.45, 7) is 5.25. The molecule has 24 heavy (non-hydrogen) atoms. The molecule has 1 aromatic rings. The highest BCUT2D eigenvalue weighted by molar-refractivity contribution is 5.37. The van der Waals surface area contributed by atoms with Crippen LogP contribution in [0.3, 0.4) is 0 Å². The highest BCUT2D eigenvalue weighted by Gasteiger charge is 2.32. The summed E-state index contributed by atoms with van der Waals surface area (Å²) < 4.78 is 5.64. The second kappa shape index (κ2) is 7.92. The number of aliphatic hydroxyl groups is 1. The summed E-state index contributed by atoms with van der Waals surface area (Å²) in [7, 11) is 0. The fourth-order valence-electron chi connectivity index (χ4n) is 3.64. The van der Waals surface area contributed by atoms with Crippen LogP contribution in [-0.2, 0) is 0 Å². The normalized spacial score (nSPS) is 25.7. The van der Waals surface area contributed by atoms with Gasteiger partial charge < -0.3 is 9.84 Å². The van der Waals surface area contributed by atoms with Crippen molar-refractivity contribution in [3.05, 3.63) is 34.4 Å². The van der Waals surface area contributed by atoms with E-state index in [4.69, 9.17) is 4.74 Å².